The molecular formula is C16H15NO5. The lowest BCUT2D eigenvalue weighted by molar-refractivity contribution is -0.118. The fourth-order valence-electron chi connectivity index (χ4n) is 1.74. The monoisotopic (exact) mass is 301 g/mol. The molecule has 0 heterocycles. The molecule has 0 saturated carbocycles. The molecule has 0 unspecified atom stereocenters. The maximum atomic E-state index is 11.8. The molecule has 22 heavy (non-hydrogen) atoms. The highest BCUT2D eigenvalue weighted by Crippen LogP contribution is 2.24. The van der Waals surface area contributed by atoms with Gasteiger partial charge in [-0.2, -0.15) is 0 Å². The average Bonchev–Trinajstić information content (AvgIpc) is 2.48. The number of carbonyl (C=O) groups is 2. The summed E-state index contributed by atoms with van der Waals surface area (Å²) in [4.78, 5) is 22.5. The second kappa shape index (κ2) is 6.62. The normalized spacial score (nSPS) is 10.0. The van der Waals surface area contributed by atoms with Gasteiger partial charge in [-0.05, 0) is 37.3 Å². The molecule has 2 aromatic carbocycles. The van der Waals surface area contributed by atoms with E-state index in [0.717, 1.165) is 11.6 Å². The topological polar surface area (TPSA) is 95.9 Å². The zero-order valence-electron chi connectivity index (χ0n) is 11.9. The van der Waals surface area contributed by atoms with Crippen molar-refractivity contribution in [3.63, 3.8) is 0 Å². The van der Waals surface area contributed by atoms with Crippen LogP contribution in [0.5, 0.6) is 11.5 Å². The van der Waals surface area contributed by atoms with Crippen LogP contribution in [0.15, 0.2) is 42.5 Å². The Morgan fingerprint density at radius 1 is 1.14 bits per heavy atom. The van der Waals surface area contributed by atoms with Crippen LogP contribution in [0, 0.1) is 6.92 Å². The summed E-state index contributed by atoms with van der Waals surface area (Å²) in [5.74, 6) is -1.37. The van der Waals surface area contributed by atoms with Crippen molar-refractivity contribution < 1.29 is 24.5 Å². The first-order valence-electron chi connectivity index (χ1n) is 6.51. The molecule has 0 fully saturated rings. The van der Waals surface area contributed by atoms with Gasteiger partial charge in [-0.3, -0.25) is 4.79 Å². The number of phenols is 1. The number of carbonyl (C=O) groups excluding carboxylic acids is 1. The summed E-state index contributed by atoms with van der Waals surface area (Å²) < 4.78 is 5.31. The minimum Gasteiger partial charge on any atom is -0.506 e. The largest absolute Gasteiger partial charge is 0.506 e. The molecule has 6 nitrogen and oxygen atoms in total. The first kappa shape index (κ1) is 15.4. The number of hydrogen-bond acceptors (Lipinski definition) is 4. The third-order valence-electron chi connectivity index (χ3n) is 2.91. The molecule has 0 aliphatic carbocycles. The van der Waals surface area contributed by atoms with Gasteiger partial charge in [0.25, 0.3) is 5.91 Å². The summed E-state index contributed by atoms with van der Waals surface area (Å²) in [5.41, 5.74) is 1.15. The Bertz CT molecular complexity index is 694. The van der Waals surface area contributed by atoms with Crippen LogP contribution in [0.2, 0.25) is 0 Å². The molecule has 0 saturated heterocycles. The number of carboxylic acid groups (broad SMARTS) is 1. The van der Waals surface area contributed by atoms with E-state index in [9.17, 15) is 14.7 Å². The molecule has 0 radical (unpaired) electrons. The Kier molecular flexibility index (Phi) is 4.63. The molecule has 2 aromatic rings. The number of benzene rings is 2. The Hall–Kier alpha value is -3.02. The third kappa shape index (κ3) is 3.99. The van der Waals surface area contributed by atoms with E-state index in [-0.39, 0.29) is 23.6 Å². The Morgan fingerprint density at radius 2 is 1.82 bits per heavy atom. The summed E-state index contributed by atoms with van der Waals surface area (Å²) in [6.07, 6.45) is 0. The van der Waals surface area contributed by atoms with E-state index in [2.05, 4.69) is 5.32 Å². The number of aryl methyl sites for hydroxylation is 1. The minimum atomic E-state index is -1.16. The lowest BCUT2D eigenvalue weighted by Gasteiger charge is -2.09. The second-order valence-corrected chi connectivity index (χ2v) is 4.69. The number of rotatable bonds is 5. The second-order valence-electron chi connectivity index (χ2n) is 4.69. The average molecular weight is 301 g/mol. The molecule has 0 aliphatic heterocycles. The van der Waals surface area contributed by atoms with Crippen molar-refractivity contribution in [2.24, 2.45) is 0 Å². The zero-order chi connectivity index (χ0) is 16.1. The highest BCUT2D eigenvalue weighted by Gasteiger charge is 2.10. The van der Waals surface area contributed by atoms with Gasteiger partial charge in [0.05, 0.1) is 11.3 Å². The van der Waals surface area contributed by atoms with E-state index in [1.54, 1.807) is 12.1 Å². The summed E-state index contributed by atoms with van der Waals surface area (Å²) >= 11 is 0. The molecule has 2 rings (SSSR count). The lowest BCUT2D eigenvalue weighted by atomic mass is 10.2. The third-order valence-corrected chi connectivity index (χ3v) is 2.91. The summed E-state index contributed by atoms with van der Waals surface area (Å²) in [6, 6.07) is 10.9. The van der Waals surface area contributed by atoms with Crippen LogP contribution in [0.4, 0.5) is 5.69 Å². The van der Waals surface area contributed by atoms with E-state index in [1.807, 2.05) is 19.1 Å². The number of hydrogen-bond donors (Lipinski definition) is 3. The van der Waals surface area contributed by atoms with Crippen LogP contribution in [0.25, 0.3) is 0 Å². The van der Waals surface area contributed by atoms with E-state index in [4.69, 9.17) is 9.84 Å². The van der Waals surface area contributed by atoms with Crippen molar-refractivity contribution in [2.45, 2.75) is 6.92 Å². The van der Waals surface area contributed by atoms with Crippen molar-refractivity contribution in [1.82, 2.24) is 0 Å². The number of ether oxygens (including phenoxy) is 1. The molecule has 1 amide bonds. The van der Waals surface area contributed by atoms with Crippen molar-refractivity contribution in [3.8, 4) is 11.5 Å². The number of carboxylic acids is 1. The van der Waals surface area contributed by atoms with Gasteiger partial charge in [-0.15, -0.1) is 0 Å². The molecule has 0 aliphatic rings. The zero-order valence-corrected chi connectivity index (χ0v) is 11.9. The molecule has 3 N–H and O–H groups in total. The van der Waals surface area contributed by atoms with Crippen molar-refractivity contribution in [1.29, 1.82) is 0 Å². The van der Waals surface area contributed by atoms with Gasteiger partial charge in [0.15, 0.2) is 6.61 Å². The molecular weight excluding hydrogens is 286 g/mol. The quantitative estimate of drug-likeness (QED) is 0.737. The smallest absolute Gasteiger partial charge is 0.335 e. The minimum absolute atomic E-state index is 0.0635. The highest BCUT2D eigenvalue weighted by atomic mass is 16.5. The van der Waals surface area contributed by atoms with Crippen molar-refractivity contribution >= 4 is 17.6 Å². The van der Waals surface area contributed by atoms with Crippen LogP contribution in [-0.2, 0) is 4.79 Å². The SMILES string of the molecule is Cc1ccc(OCC(=O)Nc2ccc(C(=O)O)cc2O)cc1. The Morgan fingerprint density at radius 3 is 2.41 bits per heavy atom. The number of amides is 1. The van der Waals surface area contributed by atoms with Crippen molar-refractivity contribution in [2.75, 3.05) is 11.9 Å². The summed E-state index contributed by atoms with van der Waals surface area (Å²) in [5, 5.41) is 20.9. The van der Waals surface area contributed by atoms with E-state index < -0.39 is 11.9 Å². The first-order chi connectivity index (χ1) is 10.5. The Balaban J connectivity index is 1.94. The van der Waals surface area contributed by atoms with Gasteiger partial charge < -0.3 is 20.3 Å². The van der Waals surface area contributed by atoms with Crippen LogP contribution >= 0.6 is 0 Å². The molecule has 114 valence electrons. The van der Waals surface area contributed by atoms with Gasteiger partial charge in [0.2, 0.25) is 0 Å². The van der Waals surface area contributed by atoms with Gasteiger partial charge in [0, 0.05) is 0 Å². The number of phenolic OH excluding ortho intramolecular Hbond substituents is 1. The molecule has 0 spiro atoms. The predicted molar refractivity (Wildman–Crippen MR) is 80.4 cm³/mol. The van der Waals surface area contributed by atoms with Gasteiger partial charge in [-0.25, -0.2) is 4.79 Å². The number of aromatic carboxylic acids is 1. The summed E-state index contributed by atoms with van der Waals surface area (Å²) in [6.45, 7) is 1.73. The lowest BCUT2D eigenvalue weighted by Crippen LogP contribution is -2.20. The fraction of sp³-hybridized carbons (Fsp3) is 0.125. The number of nitrogens with one attached hydrogen (secondary N) is 1. The van der Waals surface area contributed by atoms with Crippen LogP contribution < -0.4 is 10.1 Å². The van der Waals surface area contributed by atoms with E-state index in [0.29, 0.717) is 5.75 Å². The molecule has 6 heteroatoms. The maximum absolute atomic E-state index is 11.8. The van der Waals surface area contributed by atoms with E-state index in [1.165, 1.54) is 12.1 Å². The maximum Gasteiger partial charge on any atom is 0.335 e. The first-order valence-corrected chi connectivity index (χ1v) is 6.51. The fourth-order valence-corrected chi connectivity index (χ4v) is 1.74. The van der Waals surface area contributed by atoms with Gasteiger partial charge in [-0.1, -0.05) is 17.7 Å². The molecule has 0 aromatic heterocycles. The number of anilines is 1. The molecule has 0 atom stereocenters. The summed E-state index contributed by atoms with van der Waals surface area (Å²) in [7, 11) is 0. The van der Waals surface area contributed by atoms with Gasteiger partial charge >= 0.3 is 5.97 Å². The highest BCUT2D eigenvalue weighted by molar-refractivity contribution is 5.95. The van der Waals surface area contributed by atoms with Gasteiger partial charge in [0.1, 0.15) is 11.5 Å². The van der Waals surface area contributed by atoms with Crippen LogP contribution in [0.3, 0.4) is 0 Å². The standard InChI is InChI=1S/C16H15NO5/c1-10-2-5-12(6-3-10)22-9-15(19)17-13-7-4-11(16(20)21)8-14(13)18/h2-8,18H,9H2,1H3,(H,17,19)(H,20,21). The molecule has 0 bridgehead atoms. The number of aromatic hydroxyl groups is 1. The predicted octanol–water partition coefficient (Wildman–Crippen LogP) is 2.42. The Labute approximate surface area is 127 Å². The van der Waals surface area contributed by atoms with E-state index >= 15 is 0 Å². The van der Waals surface area contributed by atoms with Crippen molar-refractivity contribution in [3.05, 3.63) is 53.6 Å². The van der Waals surface area contributed by atoms with Crippen LogP contribution in [-0.4, -0.2) is 28.7 Å². The van der Waals surface area contributed by atoms with Crippen LogP contribution in [0.1, 0.15) is 15.9 Å².